The standard InChI is InChI=1S/C30H25FN4O2/c1-29(2)16-24-26(25(36)17-29)30(21-11-4-5-12-23(21)33(3)28(30)37)22(18-32)27(34-13-6-7-14-34)35(24)20-10-8-9-19(31)15-20/h4-15H,16-17H2,1-3H3/t30-/m0/s1. The summed E-state index contributed by atoms with van der Waals surface area (Å²) in [5.41, 5.74) is 0.837. The van der Waals surface area contributed by atoms with Gasteiger partial charge in [-0.15, -0.1) is 0 Å². The molecule has 1 spiro atoms. The van der Waals surface area contributed by atoms with E-state index in [1.807, 2.05) is 50.2 Å². The summed E-state index contributed by atoms with van der Waals surface area (Å²) in [5.74, 6) is -0.533. The molecule has 0 bridgehead atoms. The van der Waals surface area contributed by atoms with Crippen LogP contribution in [0.4, 0.5) is 15.8 Å². The van der Waals surface area contributed by atoms with Crippen molar-refractivity contribution in [3.63, 3.8) is 0 Å². The summed E-state index contributed by atoms with van der Waals surface area (Å²) in [7, 11) is 1.68. The number of halogens is 1. The number of likely N-dealkylation sites (N-methyl/N-ethyl adjacent to an activating group) is 1. The van der Waals surface area contributed by atoms with Crippen molar-refractivity contribution in [2.75, 3.05) is 16.8 Å². The number of nitrogens with zero attached hydrogens (tertiary/aromatic N) is 4. The highest BCUT2D eigenvalue weighted by atomic mass is 19.1. The molecule has 2 aliphatic heterocycles. The number of benzene rings is 2. The van der Waals surface area contributed by atoms with Gasteiger partial charge in [0.05, 0.1) is 11.3 Å². The zero-order chi connectivity index (χ0) is 26.1. The van der Waals surface area contributed by atoms with Crippen molar-refractivity contribution in [2.24, 2.45) is 5.41 Å². The van der Waals surface area contributed by atoms with Gasteiger partial charge in [0.2, 0.25) is 5.91 Å². The lowest BCUT2D eigenvalue weighted by molar-refractivity contribution is -0.124. The first-order valence-electron chi connectivity index (χ1n) is 12.2. The van der Waals surface area contributed by atoms with Crippen molar-refractivity contribution >= 4 is 28.9 Å². The molecule has 0 N–H and O–H groups in total. The number of para-hydroxylation sites is 1. The largest absolute Gasteiger partial charge is 0.314 e. The summed E-state index contributed by atoms with van der Waals surface area (Å²) in [6.07, 6.45) is 4.29. The maximum absolute atomic E-state index is 14.6. The van der Waals surface area contributed by atoms with Gasteiger partial charge in [0.15, 0.2) is 5.78 Å². The molecule has 3 aliphatic rings. The Morgan fingerprint density at radius 1 is 0.973 bits per heavy atom. The van der Waals surface area contributed by atoms with Crippen LogP contribution in [-0.4, -0.2) is 23.3 Å². The van der Waals surface area contributed by atoms with Crippen LogP contribution in [-0.2, 0) is 15.0 Å². The zero-order valence-electron chi connectivity index (χ0n) is 20.8. The van der Waals surface area contributed by atoms with Gasteiger partial charge in [0.1, 0.15) is 23.1 Å². The van der Waals surface area contributed by atoms with Gasteiger partial charge in [0, 0.05) is 48.4 Å². The first-order valence-corrected chi connectivity index (χ1v) is 12.2. The number of ketones is 1. The Bertz CT molecular complexity index is 1590. The Kier molecular flexibility index (Phi) is 4.83. The topological polar surface area (TPSA) is 69.3 Å². The fourth-order valence-electron chi connectivity index (χ4n) is 6.23. The van der Waals surface area contributed by atoms with E-state index in [0.717, 1.165) is 0 Å². The predicted octanol–water partition coefficient (Wildman–Crippen LogP) is 5.40. The lowest BCUT2D eigenvalue weighted by Gasteiger charge is -2.47. The molecule has 1 aromatic heterocycles. The number of rotatable bonds is 2. The molecule has 2 aromatic carbocycles. The SMILES string of the molecule is CN1C(=O)[C@]2(C(C#N)=C(n3cccc3)N(c3cccc(F)c3)C3=C2C(=O)CC(C)(C)C3)c2ccccc21. The third-order valence-corrected chi connectivity index (χ3v) is 7.63. The van der Waals surface area contributed by atoms with Crippen molar-refractivity contribution in [1.29, 1.82) is 5.26 Å². The molecular formula is C30H25FN4O2. The van der Waals surface area contributed by atoms with E-state index in [2.05, 4.69) is 6.07 Å². The van der Waals surface area contributed by atoms with Crippen LogP contribution in [0.2, 0.25) is 0 Å². The second kappa shape index (κ2) is 7.78. The number of amides is 1. The first kappa shape index (κ1) is 23.0. The number of anilines is 2. The van der Waals surface area contributed by atoms with Crippen LogP contribution >= 0.6 is 0 Å². The number of hydrogen-bond acceptors (Lipinski definition) is 4. The first-order chi connectivity index (χ1) is 17.7. The molecule has 3 heterocycles. The number of aromatic nitrogens is 1. The van der Waals surface area contributed by atoms with Gasteiger partial charge in [-0.3, -0.25) is 14.5 Å². The number of fused-ring (bicyclic) bond motifs is 3. The fourth-order valence-corrected chi connectivity index (χ4v) is 6.23. The molecule has 0 fully saturated rings. The number of Topliss-reactive ketones (excluding diaryl/α,β-unsaturated/α-hetero) is 1. The average Bonchev–Trinajstić information content (AvgIpc) is 3.46. The highest BCUT2D eigenvalue weighted by Gasteiger charge is 2.63. The molecule has 7 heteroatoms. The van der Waals surface area contributed by atoms with Crippen molar-refractivity contribution < 1.29 is 14.0 Å². The maximum atomic E-state index is 14.6. The Balaban J connectivity index is 1.81. The fraction of sp³-hybridized carbons (Fsp3) is 0.233. The van der Waals surface area contributed by atoms with Gasteiger partial charge in [-0.05, 0) is 48.2 Å². The smallest absolute Gasteiger partial charge is 0.247 e. The minimum atomic E-state index is -1.59. The van der Waals surface area contributed by atoms with E-state index in [-0.39, 0.29) is 23.7 Å². The normalized spacial score (nSPS) is 22.5. The third-order valence-electron chi connectivity index (χ3n) is 7.63. The van der Waals surface area contributed by atoms with Crippen molar-refractivity contribution in [2.45, 2.75) is 32.1 Å². The number of hydrogen-bond donors (Lipinski definition) is 0. The van der Waals surface area contributed by atoms with Crippen molar-refractivity contribution in [3.05, 3.63) is 101 Å². The van der Waals surface area contributed by atoms with Crippen LogP contribution in [0.1, 0.15) is 32.3 Å². The Labute approximate surface area is 214 Å². The molecule has 6 rings (SSSR count). The average molecular weight is 493 g/mol. The van der Waals surface area contributed by atoms with Gasteiger partial charge in [0.25, 0.3) is 0 Å². The number of allylic oxidation sites excluding steroid dienone is 1. The second-order valence-electron chi connectivity index (χ2n) is 10.6. The van der Waals surface area contributed by atoms with Crippen LogP contribution in [0.15, 0.2) is 89.9 Å². The molecule has 184 valence electrons. The molecule has 0 saturated heterocycles. The van der Waals surface area contributed by atoms with Crippen LogP contribution < -0.4 is 9.80 Å². The number of carbonyl (C=O) groups is 2. The quantitative estimate of drug-likeness (QED) is 0.481. The Morgan fingerprint density at radius 2 is 1.70 bits per heavy atom. The van der Waals surface area contributed by atoms with Gasteiger partial charge < -0.3 is 9.47 Å². The number of carbonyl (C=O) groups excluding carboxylic acids is 2. The van der Waals surface area contributed by atoms with E-state index in [4.69, 9.17) is 0 Å². The monoisotopic (exact) mass is 492 g/mol. The lowest BCUT2D eigenvalue weighted by atomic mass is 9.60. The Hall–Kier alpha value is -4.44. The summed E-state index contributed by atoms with van der Waals surface area (Å²) in [5, 5.41) is 10.8. The summed E-state index contributed by atoms with van der Waals surface area (Å²) in [6.45, 7) is 4.03. The van der Waals surface area contributed by atoms with Crippen molar-refractivity contribution in [1.82, 2.24) is 4.57 Å². The van der Waals surface area contributed by atoms with E-state index in [0.29, 0.717) is 40.5 Å². The molecule has 0 saturated carbocycles. The maximum Gasteiger partial charge on any atom is 0.247 e. The molecule has 1 atom stereocenters. The second-order valence-corrected chi connectivity index (χ2v) is 10.6. The molecule has 1 aliphatic carbocycles. The molecule has 1 amide bonds. The summed E-state index contributed by atoms with van der Waals surface area (Å²) in [6, 6.07) is 19.4. The summed E-state index contributed by atoms with van der Waals surface area (Å²) < 4.78 is 16.3. The summed E-state index contributed by atoms with van der Waals surface area (Å²) in [4.78, 5) is 31.8. The van der Waals surface area contributed by atoms with E-state index < -0.39 is 16.6 Å². The molecule has 6 nitrogen and oxygen atoms in total. The minimum Gasteiger partial charge on any atom is -0.314 e. The van der Waals surface area contributed by atoms with Gasteiger partial charge in [-0.25, -0.2) is 4.39 Å². The Morgan fingerprint density at radius 3 is 2.41 bits per heavy atom. The lowest BCUT2D eigenvalue weighted by Crippen LogP contribution is -2.52. The summed E-state index contributed by atoms with van der Waals surface area (Å²) >= 11 is 0. The highest BCUT2D eigenvalue weighted by molar-refractivity contribution is 6.22. The van der Waals surface area contributed by atoms with Gasteiger partial charge in [-0.1, -0.05) is 38.1 Å². The molecule has 0 unspecified atom stereocenters. The number of nitriles is 1. The van der Waals surface area contributed by atoms with Crippen LogP contribution in [0.3, 0.4) is 0 Å². The van der Waals surface area contributed by atoms with Gasteiger partial charge in [-0.2, -0.15) is 5.26 Å². The van der Waals surface area contributed by atoms with E-state index >= 15 is 0 Å². The van der Waals surface area contributed by atoms with E-state index in [1.54, 1.807) is 41.0 Å². The molecule has 37 heavy (non-hydrogen) atoms. The third kappa shape index (κ3) is 3.02. The van der Waals surface area contributed by atoms with Crippen LogP contribution in [0.5, 0.6) is 0 Å². The van der Waals surface area contributed by atoms with Crippen LogP contribution in [0, 0.1) is 22.6 Å². The zero-order valence-corrected chi connectivity index (χ0v) is 20.8. The highest BCUT2D eigenvalue weighted by Crippen LogP contribution is 2.59. The molecule has 0 radical (unpaired) electrons. The van der Waals surface area contributed by atoms with Crippen molar-refractivity contribution in [3.8, 4) is 6.07 Å². The van der Waals surface area contributed by atoms with Crippen LogP contribution in [0.25, 0.3) is 5.82 Å². The van der Waals surface area contributed by atoms with E-state index in [9.17, 15) is 19.2 Å². The van der Waals surface area contributed by atoms with Gasteiger partial charge >= 0.3 is 0 Å². The molecular weight excluding hydrogens is 467 g/mol. The molecule has 3 aromatic rings. The minimum absolute atomic E-state index is 0.140. The predicted molar refractivity (Wildman–Crippen MR) is 139 cm³/mol. The van der Waals surface area contributed by atoms with E-state index in [1.165, 1.54) is 17.0 Å².